The molecule has 0 aromatic carbocycles. The molecule has 0 spiro atoms. The van der Waals surface area contributed by atoms with Gasteiger partial charge < -0.3 is 4.74 Å². The summed E-state index contributed by atoms with van der Waals surface area (Å²) in [6.45, 7) is 1.40. The SMILES string of the molecule is C[C@@H](OC(=O)Cc1c(-c2ccc(C(=O)CC34CC(C(F)F)(C3)C4)cn2)nnn1C)c1cc(F)cnc1F. The second-order valence-corrected chi connectivity index (χ2v) is 10.1. The lowest BCUT2D eigenvalue weighted by atomic mass is 9.34. The summed E-state index contributed by atoms with van der Waals surface area (Å²) in [5.41, 5.74) is 0.00263. The van der Waals surface area contributed by atoms with Crippen molar-refractivity contribution in [2.45, 2.75) is 51.6 Å². The van der Waals surface area contributed by atoms with E-state index in [1.807, 2.05) is 0 Å². The molecule has 3 aliphatic carbocycles. The first-order valence-electron chi connectivity index (χ1n) is 11.7. The second kappa shape index (κ2) is 9.00. The summed E-state index contributed by atoms with van der Waals surface area (Å²) in [6, 6.07) is 4.07. The number of carbonyl (C=O) groups excluding carboxylic acids is 2. The van der Waals surface area contributed by atoms with Crippen molar-refractivity contribution in [3.05, 3.63) is 59.2 Å². The number of Topliss-reactive ketones (excluding diaryl/α,β-unsaturated/α-hetero) is 1. The molecule has 8 nitrogen and oxygen atoms in total. The van der Waals surface area contributed by atoms with Crippen LogP contribution in [-0.2, 0) is 23.0 Å². The Kier molecular flexibility index (Phi) is 6.07. The summed E-state index contributed by atoms with van der Waals surface area (Å²) in [5.74, 6) is -2.58. The van der Waals surface area contributed by atoms with Gasteiger partial charge >= 0.3 is 5.97 Å². The number of nitrogens with zero attached hydrogens (tertiary/aromatic N) is 5. The fraction of sp³-hybridized carbons (Fsp3) is 0.440. The number of alkyl halides is 2. The molecule has 12 heteroatoms. The first-order chi connectivity index (χ1) is 17.5. The van der Waals surface area contributed by atoms with E-state index in [0.717, 1.165) is 12.3 Å². The van der Waals surface area contributed by atoms with Crippen molar-refractivity contribution in [3.63, 3.8) is 0 Å². The van der Waals surface area contributed by atoms with E-state index in [-0.39, 0.29) is 29.6 Å². The van der Waals surface area contributed by atoms with E-state index in [1.165, 1.54) is 17.8 Å². The molecule has 3 aliphatic rings. The molecule has 0 unspecified atom stereocenters. The molecule has 1 atom stereocenters. The van der Waals surface area contributed by atoms with E-state index in [2.05, 4.69) is 20.3 Å². The van der Waals surface area contributed by atoms with Crippen LogP contribution in [0.1, 0.15) is 60.3 Å². The van der Waals surface area contributed by atoms with Gasteiger partial charge in [-0.2, -0.15) is 4.39 Å². The summed E-state index contributed by atoms with van der Waals surface area (Å²) >= 11 is 0. The molecule has 3 saturated carbocycles. The van der Waals surface area contributed by atoms with Gasteiger partial charge in [-0.15, -0.1) is 5.10 Å². The minimum Gasteiger partial charge on any atom is -0.457 e. The Morgan fingerprint density at radius 3 is 2.51 bits per heavy atom. The lowest BCUT2D eigenvalue weighted by Crippen LogP contribution is -2.65. The van der Waals surface area contributed by atoms with Crippen LogP contribution in [0.2, 0.25) is 0 Å². The van der Waals surface area contributed by atoms with E-state index in [4.69, 9.17) is 4.74 Å². The summed E-state index contributed by atoms with van der Waals surface area (Å²) in [7, 11) is 1.58. The average Bonchev–Trinajstić information content (AvgIpc) is 3.16. The number of aromatic nitrogens is 5. The van der Waals surface area contributed by atoms with Crippen molar-refractivity contribution >= 4 is 11.8 Å². The van der Waals surface area contributed by atoms with Crippen LogP contribution in [0.4, 0.5) is 17.6 Å². The zero-order valence-electron chi connectivity index (χ0n) is 20.0. The van der Waals surface area contributed by atoms with E-state index in [1.54, 1.807) is 19.2 Å². The molecule has 0 amide bonds. The maximum Gasteiger partial charge on any atom is 0.312 e. The number of hydrogen-bond acceptors (Lipinski definition) is 7. The number of ether oxygens (including phenoxy) is 1. The maximum absolute atomic E-state index is 13.9. The molecule has 2 bridgehead atoms. The predicted octanol–water partition coefficient (Wildman–Crippen LogP) is 4.41. The standard InChI is InChI=1S/C25H23F4N5O3/c1-13(16-5-15(26)9-31-22(16)27)37-20(36)6-18-21(32-33-34(18)2)17-4-3-14(8-30-17)19(35)7-24-10-25(11-24,12-24)23(28)29/h3-5,8-9,13,23H,6-7,10-12H2,1-2H3/t13-,24?,25?/m1/s1. The minimum absolute atomic E-state index is 0.155. The van der Waals surface area contributed by atoms with E-state index < -0.39 is 35.7 Å². The number of rotatable bonds is 9. The van der Waals surface area contributed by atoms with Gasteiger partial charge in [-0.05, 0) is 49.8 Å². The minimum atomic E-state index is -2.34. The molecule has 3 fully saturated rings. The summed E-state index contributed by atoms with van der Waals surface area (Å²) in [4.78, 5) is 32.9. The van der Waals surface area contributed by atoms with Gasteiger partial charge in [0.25, 0.3) is 0 Å². The Labute approximate surface area is 209 Å². The topological polar surface area (TPSA) is 99.9 Å². The third-order valence-corrected chi connectivity index (χ3v) is 7.34. The predicted molar refractivity (Wildman–Crippen MR) is 120 cm³/mol. The Balaban J connectivity index is 1.24. The summed E-state index contributed by atoms with van der Waals surface area (Å²) < 4.78 is 60.1. The smallest absolute Gasteiger partial charge is 0.312 e. The number of ketones is 1. The fourth-order valence-electron chi connectivity index (χ4n) is 5.58. The van der Waals surface area contributed by atoms with E-state index in [0.29, 0.717) is 41.9 Å². The summed E-state index contributed by atoms with van der Waals surface area (Å²) in [5, 5.41) is 7.99. The highest BCUT2D eigenvalue weighted by molar-refractivity contribution is 5.96. The van der Waals surface area contributed by atoms with Crippen LogP contribution in [0.3, 0.4) is 0 Å². The average molecular weight is 517 g/mol. The highest BCUT2D eigenvalue weighted by Crippen LogP contribution is 2.76. The van der Waals surface area contributed by atoms with Crippen LogP contribution in [-0.4, -0.2) is 43.1 Å². The van der Waals surface area contributed by atoms with Crippen molar-refractivity contribution in [1.29, 1.82) is 0 Å². The molecule has 194 valence electrons. The number of carbonyl (C=O) groups is 2. The monoisotopic (exact) mass is 517 g/mol. The number of hydrogen-bond donors (Lipinski definition) is 0. The van der Waals surface area contributed by atoms with Crippen LogP contribution in [0.15, 0.2) is 30.6 Å². The molecular weight excluding hydrogens is 494 g/mol. The molecule has 0 N–H and O–H groups in total. The van der Waals surface area contributed by atoms with Gasteiger partial charge in [-0.1, -0.05) is 5.21 Å². The Morgan fingerprint density at radius 2 is 1.86 bits per heavy atom. The van der Waals surface area contributed by atoms with Crippen LogP contribution in [0.5, 0.6) is 0 Å². The third-order valence-electron chi connectivity index (χ3n) is 7.34. The number of esters is 1. The zero-order chi connectivity index (χ0) is 26.5. The zero-order valence-corrected chi connectivity index (χ0v) is 20.0. The number of halogens is 4. The molecule has 0 aliphatic heterocycles. The number of pyridine rings is 2. The Morgan fingerprint density at radius 1 is 1.14 bits per heavy atom. The Bertz CT molecular complexity index is 1360. The van der Waals surface area contributed by atoms with Crippen LogP contribution >= 0.6 is 0 Å². The van der Waals surface area contributed by atoms with Gasteiger partial charge in [0.2, 0.25) is 12.4 Å². The second-order valence-electron chi connectivity index (χ2n) is 10.1. The molecule has 37 heavy (non-hydrogen) atoms. The van der Waals surface area contributed by atoms with Crippen LogP contribution in [0.25, 0.3) is 11.4 Å². The molecule has 3 heterocycles. The van der Waals surface area contributed by atoms with Gasteiger partial charge in [0.1, 0.15) is 17.6 Å². The third kappa shape index (κ3) is 4.49. The first kappa shape index (κ1) is 25.0. The quantitative estimate of drug-likeness (QED) is 0.179. The van der Waals surface area contributed by atoms with Crippen molar-refractivity contribution in [2.24, 2.45) is 17.9 Å². The molecular formula is C25H23F4N5O3. The molecule has 3 aromatic heterocycles. The maximum atomic E-state index is 13.9. The molecule has 0 saturated heterocycles. The van der Waals surface area contributed by atoms with Crippen LogP contribution < -0.4 is 0 Å². The van der Waals surface area contributed by atoms with Gasteiger partial charge in [-0.25, -0.2) is 18.2 Å². The van der Waals surface area contributed by atoms with Crippen molar-refractivity contribution in [3.8, 4) is 11.4 Å². The lowest BCUT2D eigenvalue weighted by Gasteiger charge is -2.70. The highest BCUT2D eigenvalue weighted by Gasteiger charge is 2.71. The van der Waals surface area contributed by atoms with Gasteiger partial charge in [0.15, 0.2) is 5.78 Å². The Hall–Kier alpha value is -3.70. The van der Waals surface area contributed by atoms with Gasteiger partial charge in [-0.3, -0.25) is 19.3 Å². The van der Waals surface area contributed by atoms with Gasteiger partial charge in [0.05, 0.1) is 29.6 Å². The normalized spacial score (nSPS) is 22.8. The first-order valence-corrected chi connectivity index (χ1v) is 11.7. The van der Waals surface area contributed by atoms with Gasteiger partial charge in [0, 0.05) is 30.6 Å². The van der Waals surface area contributed by atoms with Crippen LogP contribution in [0, 0.1) is 22.6 Å². The molecule has 3 aromatic rings. The molecule has 6 rings (SSSR count). The van der Waals surface area contributed by atoms with Crippen molar-refractivity contribution in [2.75, 3.05) is 0 Å². The molecule has 0 radical (unpaired) electrons. The fourth-order valence-corrected chi connectivity index (χ4v) is 5.58. The largest absolute Gasteiger partial charge is 0.457 e. The van der Waals surface area contributed by atoms with E-state index >= 15 is 0 Å². The highest BCUT2D eigenvalue weighted by atomic mass is 19.3. The van der Waals surface area contributed by atoms with Crippen molar-refractivity contribution in [1.82, 2.24) is 25.0 Å². The van der Waals surface area contributed by atoms with Crippen molar-refractivity contribution < 1.29 is 31.9 Å². The lowest BCUT2D eigenvalue weighted by molar-refractivity contribution is -0.264. The summed E-state index contributed by atoms with van der Waals surface area (Å²) in [6.07, 6.45) is -0.213. The van der Waals surface area contributed by atoms with E-state index in [9.17, 15) is 27.2 Å². The number of aryl methyl sites for hydroxylation is 1.